The summed E-state index contributed by atoms with van der Waals surface area (Å²) in [5, 5.41) is 9.75. The SMILES string of the molecule is CC1(O)CCN(C(=O)c2ccc(F)c(C(F)(F)F)c2)C1. The Morgan fingerprint density at radius 3 is 2.55 bits per heavy atom. The van der Waals surface area contributed by atoms with E-state index in [1.807, 2.05) is 0 Å². The Morgan fingerprint density at radius 2 is 2.05 bits per heavy atom. The van der Waals surface area contributed by atoms with E-state index in [0.29, 0.717) is 18.6 Å². The first-order chi connectivity index (χ1) is 9.10. The molecule has 1 aliphatic rings. The fourth-order valence-corrected chi connectivity index (χ4v) is 2.18. The first-order valence-electron chi connectivity index (χ1n) is 5.98. The summed E-state index contributed by atoms with van der Waals surface area (Å²) < 4.78 is 50.9. The average molecular weight is 291 g/mol. The van der Waals surface area contributed by atoms with Crippen molar-refractivity contribution in [1.82, 2.24) is 4.90 Å². The minimum absolute atomic E-state index is 0.0462. The molecule has 1 aromatic carbocycles. The highest BCUT2D eigenvalue weighted by molar-refractivity contribution is 5.94. The Bertz CT molecular complexity index is 540. The lowest BCUT2D eigenvalue weighted by Crippen LogP contribution is -2.34. The molecule has 1 aliphatic heterocycles. The van der Waals surface area contributed by atoms with Gasteiger partial charge in [0.25, 0.3) is 5.91 Å². The van der Waals surface area contributed by atoms with Crippen LogP contribution < -0.4 is 0 Å². The number of carbonyl (C=O) groups is 1. The van der Waals surface area contributed by atoms with Crippen LogP contribution in [0.3, 0.4) is 0 Å². The maximum absolute atomic E-state index is 13.1. The van der Waals surface area contributed by atoms with Gasteiger partial charge in [-0.15, -0.1) is 0 Å². The van der Waals surface area contributed by atoms with Crippen LogP contribution in [0.2, 0.25) is 0 Å². The number of β-amino-alcohol motifs (C(OH)–C–C–N with tert-alkyl or cyclic N) is 1. The minimum atomic E-state index is -4.85. The third-order valence-electron chi connectivity index (χ3n) is 3.26. The summed E-state index contributed by atoms with van der Waals surface area (Å²) in [6, 6.07) is 2.15. The fourth-order valence-electron chi connectivity index (χ4n) is 2.18. The van der Waals surface area contributed by atoms with E-state index in [1.54, 1.807) is 6.92 Å². The molecule has 3 nitrogen and oxygen atoms in total. The number of alkyl halides is 3. The number of hydrogen-bond acceptors (Lipinski definition) is 2. The first-order valence-corrected chi connectivity index (χ1v) is 5.98. The van der Waals surface area contributed by atoms with Crippen LogP contribution in [0.5, 0.6) is 0 Å². The summed E-state index contributed by atoms with van der Waals surface area (Å²) in [5.74, 6) is -2.06. The standard InChI is InChI=1S/C13H13F4NO2/c1-12(20)4-5-18(7-12)11(19)8-2-3-10(14)9(6-8)13(15,16)17/h2-3,6,20H,4-5,7H2,1H3. The molecule has 1 unspecified atom stereocenters. The van der Waals surface area contributed by atoms with Gasteiger partial charge in [0, 0.05) is 18.7 Å². The van der Waals surface area contributed by atoms with Crippen LogP contribution in [-0.4, -0.2) is 34.6 Å². The largest absolute Gasteiger partial charge is 0.419 e. The molecular formula is C13H13F4NO2. The molecule has 110 valence electrons. The summed E-state index contributed by atoms with van der Waals surface area (Å²) in [6.07, 6.45) is -4.50. The van der Waals surface area contributed by atoms with Gasteiger partial charge < -0.3 is 10.0 Å². The van der Waals surface area contributed by atoms with E-state index in [9.17, 15) is 27.5 Å². The maximum atomic E-state index is 13.1. The Morgan fingerprint density at radius 1 is 1.40 bits per heavy atom. The number of aliphatic hydroxyl groups is 1. The molecule has 20 heavy (non-hydrogen) atoms. The lowest BCUT2D eigenvalue weighted by molar-refractivity contribution is -0.140. The molecule has 0 saturated carbocycles. The van der Waals surface area contributed by atoms with Crippen molar-refractivity contribution in [2.45, 2.75) is 25.1 Å². The van der Waals surface area contributed by atoms with E-state index in [-0.39, 0.29) is 18.7 Å². The van der Waals surface area contributed by atoms with Gasteiger partial charge in [0.15, 0.2) is 0 Å². The highest BCUT2D eigenvalue weighted by Gasteiger charge is 2.37. The van der Waals surface area contributed by atoms with Crippen molar-refractivity contribution in [1.29, 1.82) is 0 Å². The van der Waals surface area contributed by atoms with Gasteiger partial charge in [0.05, 0.1) is 11.2 Å². The average Bonchev–Trinajstić information content (AvgIpc) is 2.68. The van der Waals surface area contributed by atoms with Gasteiger partial charge in [-0.25, -0.2) is 4.39 Å². The molecule has 0 aliphatic carbocycles. The molecule has 0 bridgehead atoms. The van der Waals surface area contributed by atoms with Crippen LogP contribution in [0.15, 0.2) is 18.2 Å². The molecule has 1 amide bonds. The molecule has 0 radical (unpaired) electrons. The predicted molar refractivity (Wildman–Crippen MR) is 62.5 cm³/mol. The zero-order valence-electron chi connectivity index (χ0n) is 10.7. The van der Waals surface area contributed by atoms with Gasteiger partial charge in [-0.3, -0.25) is 4.79 Å². The molecular weight excluding hydrogens is 278 g/mol. The highest BCUT2D eigenvalue weighted by atomic mass is 19.4. The number of halogens is 4. The molecule has 7 heteroatoms. The summed E-state index contributed by atoms with van der Waals surface area (Å²) in [5.41, 5.74) is -2.74. The molecule has 1 N–H and O–H groups in total. The third-order valence-corrected chi connectivity index (χ3v) is 3.26. The van der Waals surface area contributed by atoms with E-state index in [0.717, 1.165) is 6.07 Å². The summed E-state index contributed by atoms with van der Waals surface area (Å²) in [4.78, 5) is 13.3. The second-order valence-electron chi connectivity index (χ2n) is 5.17. The predicted octanol–water partition coefficient (Wildman–Crippen LogP) is 2.44. The number of benzene rings is 1. The van der Waals surface area contributed by atoms with Crippen molar-refractivity contribution < 1.29 is 27.5 Å². The van der Waals surface area contributed by atoms with Gasteiger partial charge in [-0.1, -0.05) is 0 Å². The second kappa shape index (κ2) is 4.73. The molecule has 0 aromatic heterocycles. The van der Waals surface area contributed by atoms with Gasteiger partial charge >= 0.3 is 6.18 Å². The summed E-state index contributed by atoms with van der Waals surface area (Å²) >= 11 is 0. The van der Waals surface area contributed by atoms with Gasteiger partial charge in [-0.2, -0.15) is 13.2 Å². The fraction of sp³-hybridized carbons (Fsp3) is 0.462. The third kappa shape index (κ3) is 2.92. The molecule has 1 fully saturated rings. The van der Waals surface area contributed by atoms with Crippen molar-refractivity contribution >= 4 is 5.91 Å². The van der Waals surface area contributed by atoms with Crippen LogP contribution in [0, 0.1) is 5.82 Å². The zero-order chi connectivity index (χ0) is 15.1. The van der Waals surface area contributed by atoms with Crippen LogP contribution in [-0.2, 0) is 6.18 Å². The Kier molecular flexibility index (Phi) is 3.49. The van der Waals surface area contributed by atoms with E-state index in [1.165, 1.54) is 4.90 Å². The molecule has 1 atom stereocenters. The van der Waals surface area contributed by atoms with Crippen LogP contribution in [0.1, 0.15) is 29.3 Å². The van der Waals surface area contributed by atoms with Crippen molar-refractivity contribution in [3.05, 3.63) is 35.1 Å². The van der Waals surface area contributed by atoms with Gasteiger partial charge in [0.2, 0.25) is 0 Å². The Balaban J connectivity index is 2.28. The van der Waals surface area contributed by atoms with E-state index in [4.69, 9.17) is 0 Å². The van der Waals surface area contributed by atoms with Crippen LogP contribution in [0.4, 0.5) is 17.6 Å². The van der Waals surface area contributed by atoms with E-state index in [2.05, 4.69) is 0 Å². The van der Waals surface area contributed by atoms with Crippen molar-refractivity contribution in [2.24, 2.45) is 0 Å². The number of hydrogen-bond donors (Lipinski definition) is 1. The minimum Gasteiger partial charge on any atom is -0.388 e. The lowest BCUT2D eigenvalue weighted by atomic mass is 10.1. The van der Waals surface area contributed by atoms with Gasteiger partial charge in [0.1, 0.15) is 5.82 Å². The van der Waals surface area contributed by atoms with E-state index < -0.39 is 29.1 Å². The zero-order valence-corrected chi connectivity index (χ0v) is 10.7. The molecule has 1 heterocycles. The smallest absolute Gasteiger partial charge is 0.388 e. The molecule has 1 saturated heterocycles. The number of nitrogens with zero attached hydrogens (tertiary/aromatic N) is 1. The second-order valence-corrected chi connectivity index (χ2v) is 5.17. The lowest BCUT2D eigenvalue weighted by Gasteiger charge is -2.19. The quantitative estimate of drug-likeness (QED) is 0.807. The Labute approximate surface area is 112 Å². The number of likely N-dealkylation sites (tertiary alicyclic amines) is 1. The molecule has 2 rings (SSSR count). The van der Waals surface area contributed by atoms with Crippen LogP contribution >= 0.6 is 0 Å². The van der Waals surface area contributed by atoms with Gasteiger partial charge in [-0.05, 0) is 31.5 Å². The normalized spacial score (nSPS) is 23.2. The molecule has 0 spiro atoms. The Hall–Kier alpha value is -1.63. The summed E-state index contributed by atoms with van der Waals surface area (Å²) in [6.45, 7) is 1.85. The number of rotatable bonds is 1. The van der Waals surface area contributed by atoms with Crippen molar-refractivity contribution in [2.75, 3.05) is 13.1 Å². The molecule has 1 aromatic rings. The highest BCUT2D eigenvalue weighted by Crippen LogP contribution is 2.32. The van der Waals surface area contributed by atoms with E-state index >= 15 is 0 Å². The topological polar surface area (TPSA) is 40.5 Å². The maximum Gasteiger partial charge on any atom is 0.419 e. The number of amides is 1. The monoisotopic (exact) mass is 291 g/mol. The number of carbonyl (C=O) groups excluding carboxylic acids is 1. The first kappa shape index (κ1) is 14.8. The van der Waals surface area contributed by atoms with Crippen LogP contribution in [0.25, 0.3) is 0 Å². The van der Waals surface area contributed by atoms with Crippen molar-refractivity contribution in [3.63, 3.8) is 0 Å². The summed E-state index contributed by atoms with van der Waals surface area (Å²) in [7, 11) is 0. The van der Waals surface area contributed by atoms with Crippen molar-refractivity contribution in [3.8, 4) is 0 Å².